The normalized spacial score (nSPS) is 16.6. The van der Waals surface area contributed by atoms with Gasteiger partial charge in [-0.05, 0) is 49.1 Å². The summed E-state index contributed by atoms with van der Waals surface area (Å²) in [6, 6.07) is 7.81. The van der Waals surface area contributed by atoms with Crippen molar-refractivity contribution in [2.45, 2.75) is 25.8 Å². The number of aromatic nitrogens is 1. The molecule has 1 heterocycles. The summed E-state index contributed by atoms with van der Waals surface area (Å²) in [7, 11) is 0. The van der Waals surface area contributed by atoms with Gasteiger partial charge in [-0.2, -0.15) is 0 Å². The van der Waals surface area contributed by atoms with Crippen LogP contribution in [0.3, 0.4) is 0 Å². The number of pyridine rings is 1. The molecule has 0 aliphatic heterocycles. The molecule has 108 valence electrons. The fraction of sp³-hybridized carbons (Fsp3) is 0.250. The number of fused-ring (bicyclic) bond motifs is 1. The molecule has 3 rings (SSSR count). The van der Waals surface area contributed by atoms with Gasteiger partial charge in [-0.1, -0.05) is 12.1 Å². The third-order valence-electron chi connectivity index (χ3n) is 3.82. The number of hydrogen-bond donors (Lipinski definition) is 2. The Hall–Kier alpha value is -2.43. The number of carbonyl (C=O) groups is 1. The Balaban J connectivity index is 1.84. The molecule has 4 nitrogen and oxygen atoms in total. The molecular formula is C16H15FN2O2. The molecule has 21 heavy (non-hydrogen) atoms. The van der Waals surface area contributed by atoms with Crippen LogP contribution in [0.1, 0.15) is 39.6 Å². The fourth-order valence-electron chi connectivity index (χ4n) is 2.75. The number of hydrogen-bond acceptors (Lipinski definition) is 2. The van der Waals surface area contributed by atoms with Gasteiger partial charge in [0.15, 0.2) is 0 Å². The summed E-state index contributed by atoms with van der Waals surface area (Å²) >= 11 is 0. The highest BCUT2D eigenvalue weighted by molar-refractivity contribution is 5.94. The van der Waals surface area contributed by atoms with E-state index in [1.165, 1.54) is 12.1 Å². The smallest absolute Gasteiger partial charge is 0.260 e. The maximum Gasteiger partial charge on any atom is 0.260 e. The third kappa shape index (κ3) is 2.46. The van der Waals surface area contributed by atoms with Gasteiger partial charge >= 0.3 is 0 Å². The molecule has 0 radical (unpaired) electrons. The quantitative estimate of drug-likeness (QED) is 0.889. The maximum atomic E-state index is 13.7. The van der Waals surface area contributed by atoms with Gasteiger partial charge in [0, 0.05) is 5.69 Å². The minimum atomic E-state index is -0.432. The zero-order chi connectivity index (χ0) is 15.0. The van der Waals surface area contributed by atoms with E-state index >= 15 is 0 Å². The van der Waals surface area contributed by atoms with Crippen LogP contribution in [0.15, 0.2) is 35.1 Å². The first-order chi connectivity index (χ1) is 10.1. The highest BCUT2D eigenvalue weighted by Crippen LogP contribution is 2.32. The number of rotatable bonds is 2. The van der Waals surface area contributed by atoms with Crippen LogP contribution in [0.4, 0.5) is 4.39 Å². The van der Waals surface area contributed by atoms with Gasteiger partial charge in [-0.25, -0.2) is 4.39 Å². The number of halogens is 1. The van der Waals surface area contributed by atoms with Gasteiger partial charge in [0.25, 0.3) is 11.5 Å². The van der Waals surface area contributed by atoms with Crippen LogP contribution in [0.2, 0.25) is 0 Å². The summed E-state index contributed by atoms with van der Waals surface area (Å²) < 4.78 is 13.7. The van der Waals surface area contributed by atoms with Gasteiger partial charge in [0.05, 0.1) is 6.04 Å². The number of aryl methyl sites for hydroxylation is 1. The van der Waals surface area contributed by atoms with E-state index in [2.05, 4.69) is 10.3 Å². The lowest BCUT2D eigenvalue weighted by Crippen LogP contribution is -2.32. The van der Waals surface area contributed by atoms with Crippen molar-refractivity contribution < 1.29 is 9.18 Å². The summed E-state index contributed by atoms with van der Waals surface area (Å²) in [5.41, 5.74) is 1.81. The number of benzene rings is 1. The highest BCUT2D eigenvalue weighted by atomic mass is 19.1. The Morgan fingerprint density at radius 1 is 1.33 bits per heavy atom. The molecule has 1 aromatic heterocycles. The van der Waals surface area contributed by atoms with Crippen LogP contribution in [-0.4, -0.2) is 10.9 Å². The van der Waals surface area contributed by atoms with E-state index < -0.39 is 11.5 Å². The molecule has 1 aromatic carbocycles. The summed E-state index contributed by atoms with van der Waals surface area (Å²) in [5, 5.41) is 2.81. The lowest BCUT2D eigenvalue weighted by atomic mass is 10.1. The Morgan fingerprint density at radius 2 is 2.14 bits per heavy atom. The van der Waals surface area contributed by atoms with Crippen molar-refractivity contribution in [2.24, 2.45) is 0 Å². The van der Waals surface area contributed by atoms with Crippen LogP contribution >= 0.6 is 0 Å². The fourth-order valence-corrected chi connectivity index (χ4v) is 2.75. The average molecular weight is 286 g/mol. The van der Waals surface area contributed by atoms with Crippen LogP contribution in [-0.2, 0) is 6.42 Å². The van der Waals surface area contributed by atoms with E-state index in [4.69, 9.17) is 0 Å². The second-order valence-electron chi connectivity index (χ2n) is 5.26. The molecule has 0 fully saturated rings. The van der Waals surface area contributed by atoms with E-state index in [0.717, 1.165) is 5.56 Å². The number of H-pyrrole nitrogens is 1. The lowest BCUT2D eigenvalue weighted by Gasteiger charge is -2.14. The van der Waals surface area contributed by atoms with Gasteiger partial charge in [-0.15, -0.1) is 0 Å². The second-order valence-corrected chi connectivity index (χ2v) is 5.26. The molecule has 0 saturated carbocycles. The van der Waals surface area contributed by atoms with Crippen LogP contribution in [0.5, 0.6) is 0 Å². The summed E-state index contributed by atoms with van der Waals surface area (Å²) in [6.07, 6.45) is 1.24. The van der Waals surface area contributed by atoms with Crippen LogP contribution in [0, 0.1) is 12.7 Å². The van der Waals surface area contributed by atoms with E-state index in [0.29, 0.717) is 24.1 Å². The standard InChI is InChI=1S/C16H15FN2O2/c1-9-5-6-12(15(20)18-9)16(21)19-14-8-7-10-11(14)3-2-4-13(10)17/h2-6,14H,7-8H2,1H3,(H,18,20)(H,19,21)/t14-/m0/s1. The Labute approximate surface area is 121 Å². The zero-order valence-corrected chi connectivity index (χ0v) is 11.6. The monoisotopic (exact) mass is 286 g/mol. The molecule has 0 bridgehead atoms. The van der Waals surface area contributed by atoms with Crippen molar-refractivity contribution in [3.05, 3.63) is 68.9 Å². The molecule has 1 aliphatic carbocycles. The van der Waals surface area contributed by atoms with E-state index in [1.54, 1.807) is 19.1 Å². The van der Waals surface area contributed by atoms with Crippen molar-refractivity contribution >= 4 is 5.91 Å². The molecule has 1 atom stereocenters. The predicted molar refractivity (Wildman–Crippen MR) is 76.7 cm³/mol. The SMILES string of the molecule is Cc1ccc(C(=O)N[C@H]2CCc3c(F)cccc32)c(=O)[nH]1. The molecule has 2 N–H and O–H groups in total. The van der Waals surface area contributed by atoms with Gasteiger partial charge < -0.3 is 10.3 Å². The number of carbonyl (C=O) groups excluding carboxylic acids is 1. The first-order valence-corrected chi connectivity index (χ1v) is 6.84. The highest BCUT2D eigenvalue weighted by Gasteiger charge is 2.26. The average Bonchev–Trinajstić information content (AvgIpc) is 2.83. The van der Waals surface area contributed by atoms with Crippen molar-refractivity contribution in [3.8, 4) is 0 Å². The van der Waals surface area contributed by atoms with E-state index in [-0.39, 0.29) is 17.4 Å². The predicted octanol–water partition coefficient (Wildman–Crippen LogP) is 2.24. The van der Waals surface area contributed by atoms with Gasteiger partial charge in [0.1, 0.15) is 11.4 Å². The third-order valence-corrected chi connectivity index (χ3v) is 3.82. The molecule has 0 saturated heterocycles. The summed E-state index contributed by atoms with van der Waals surface area (Å²) in [6.45, 7) is 1.75. The van der Waals surface area contributed by atoms with Crippen LogP contribution < -0.4 is 10.9 Å². The molecule has 5 heteroatoms. The molecule has 1 aliphatic rings. The Morgan fingerprint density at radius 3 is 2.90 bits per heavy atom. The summed E-state index contributed by atoms with van der Waals surface area (Å²) in [4.78, 5) is 26.6. The molecule has 0 spiro atoms. The largest absolute Gasteiger partial charge is 0.345 e. The minimum Gasteiger partial charge on any atom is -0.345 e. The number of aromatic amines is 1. The Kier molecular flexibility index (Phi) is 3.33. The van der Waals surface area contributed by atoms with E-state index in [9.17, 15) is 14.0 Å². The second kappa shape index (κ2) is 5.16. The lowest BCUT2D eigenvalue weighted by molar-refractivity contribution is 0.0935. The van der Waals surface area contributed by atoms with Crippen LogP contribution in [0.25, 0.3) is 0 Å². The molecule has 1 amide bonds. The number of nitrogens with one attached hydrogen (secondary N) is 2. The first kappa shape index (κ1) is 13.5. The minimum absolute atomic E-state index is 0.0745. The first-order valence-electron chi connectivity index (χ1n) is 6.84. The molecular weight excluding hydrogens is 271 g/mol. The molecule has 0 unspecified atom stereocenters. The zero-order valence-electron chi connectivity index (χ0n) is 11.6. The topological polar surface area (TPSA) is 62.0 Å². The Bertz CT molecular complexity index is 767. The summed E-state index contributed by atoms with van der Waals surface area (Å²) in [5.74, 6) is -0.671. The van der Waals surface area contributed by atoms with Crippen molar-refractivity contribution in [1.29, 1.82) is 0 Å². The maximum absolute atomic E-state index is 13.7. The van der Waals surface area contributed by atoms with Crippen molar-refractivity contribution in [2.75, 3.05) is 0 Å². The van der Waals surface area contributed by atoms with Gasteiger partial charge in [-0.3, -0.25) is 9.59 Å². The van der Waals surface area contributed by atoms with Crippen molar-refractivity contribution in [1.82, 2.24) is 10.3 Å². The number of amides is 1. The molecule has 2 aromatic rings. The van der Waals surface area contributed by atoms with E-state index in [1.807, 2.05) is 6.07 Å². The van der Waals surface area contributed by atoms with Crippen molar-refractivity contribution in [3.63, 3.8) is 0 Å². The van der Waals surface area contributed by atoms with Gasteiger partial charge in [0.2, 0.25) is 0 Å².